The maximum Gasteiger partial charge on any atom is 0.229 e. The van der Waals surface area contributed by atoms with Crippen molar-refractivity contribution in [3.63, 3.8) is 0 Å². The van der Waals surface area contributed by atoms with E-state index in [-0.39, 0.29) is 0 Å². The van der Waals surface area contributed by atoms with Crippen LogP contribution in [0.4, 0.5) is 17.5 Å². The van der Waals surface area contributed by atoms with Crippen LogP contribution in [-0.2, 0) is 0 Å². The van der Waals surface area contributed by atoms with E-state index in [1.807, 2.05) is 6.07 Å². The van der Waals surface area contributed by atoms with Gasteiger partial charge in [-0.3, -0.25) is 0 Å². The predicted octanol–water partition coefficient (Wildman–Crippen LogP) is 4.16. The summed E-state index contributed by atoms with van der Waals surface area (Å²) in [4.78, 5) is 8.67. The van der Waals surface area contributed by atoms with E-state index in [1.54, 1.807) is 6.20 Å². The van der Waals surface area contributed by atoms with E-state index in [1.165, 1.54) is 5.56 Å². The third-order valence-electron chi connectivity index (χ3n) is 2.93. The number of anilines is 3. The molecule has 0 unspecified atom stereocenters. The first-order chi connectivity index (χ1) is 9.54. The molecule has 0 bridgehead atoms. The zero-order chi connectivity index (χ0) is 14.5. The van der Waals surface area contributed by atoms with Crippen LogP contribution in [0.3, 0.4) is 0 Å². The lowest BCUT2D eigenvalue weighted by molar-refractivity contribution is 0.867. The molecular formula is C16H22N4. The quantitative estimate of drug-likeness (QED) is 0.856. The van der Waals surface area contributed by atoms with Gasteiger partial charge in [0.15, 0.2) is 0 Å². The first-order valence-corrected chi connectivity index (χ1v) is 7.01. The van der Waals surface area contributed by atoms with Crippen molar-refractivity contribution < 1.29 is 0 Å². The van der Waals surface area contributed by atoms with E-state index in [9.17, 15) is 0 Å². The van der Waals surface area contributed by atoms with Crippen LogP contribution in [0.1, 0.15) is 39.2 Å². The summed E-state index contributed by atoms with van der Waals surface area (Å²) in [6.07, 6.45) is 1.75. The summed E-state index contributed by atoms with van der Waals surface area (Å²) in [5.41, 5.74) is 2.32. The highest BCUT2D eigenvalue weighted by Gasteiger charge is 2.02. The van der Waals surface area contributed by atoms with Crippen LogP contribution < -0.4 is 10.6 Å². The van der Waals surface area contributed by atoms with Crippen molar-refractivity contribution >= 4 is 17.5 Å². The van der Waals surface area contributed by atoms with Crippen LogP contribution in [0.2, 0.25) is 0 Å². The predicted molar refractivity (Wildman–Crippen MR) is 84.6 cm³/mol. The monoisotopic (exact) mass is 270 g/mol. The number of hydrogen-bond acceptors (Lipinski definition) is 4. The largest absolute Gasteiger partial charge is 0.368 e. The molecule has 4 heteroatoms. The molecule has 2 aromatic rings. The molecular weight excluding hydrogens is 248 g/mol. The van der Waals surface area contributed by atoms with Crippen LogP contribution in [0.15, 0.2) is 36.5 Å². The number of nitrogens with zero attached hydrogens (tertiary/aromatic N) is 2. The van der Waals surface area contributed by atoms with Crippen molar-refractivity contribution in [3.05, 3.63) is 42.1 Å². The Bertz CT molecular complexity index is 547. The lowest BCUT2D eigenvalue weighted by Gasteiger charge is -2.11. The summed E-state index contributed by atoms with van der Waals surface area (Å²) in [5.74, 6) is 1.98. The Hall–Kier alpha value is -2.10. The molecule has 0 aliphatic heterocycles. The minimum absolute atomic E-state index is 0.350. The highest BCUT2D eigenvalue weighted by molar-refractivity contribution is 5.55. The second-order valence-corrected chi connectivity index (χ2v) is 5.47. The summed E-state index contributed by atoms with van der Waals surface area (Å²) in [6, 6.07) is 10.6. The standard InChI is InChI=1S/C16H22N4/c1-11(2)13-5-7-14(8-6-13)19-16-17-10-9-15(20-16)18-12(3)4/h5-12H,1-4H3,(H2,17,18,19,20). The highest BCUT2D eigenvalue weighted by atomic mass is 15.1. The van der Waals surface area contributed by atoms with E-state index in [0.29, 0.717) is 17.9 Å². The van der Waals surface area contributed by atoms with Gasteiger partial charge in [0, 0.05) is 17.9 Å². The van der Waals surface area contributed by atoms with E-state index < -0.39 is 0 Å². The molecule has 0 aliphatic carbocycles. The molecule has 4 nitrogen and oxygen atoms in total. The van der Waals surface area contributed by atoms with Gasteiger partial charge in [0.25, 0.3) is 0 Å². The Morgan fingerprint density at radius 2 is 1.65 bits per heavy atom. The first-order valence-electron chi connectivity index (χ1n) is 7.01. The van der Waals surface area contributed by atoms with Crippen molar-refractivity contribution in [1.29, 1.82) is 0 Å². The van der Waals surface area contributed by atoms with E-state index >= 15 is 0 Å². The molecule has 0 aliphatic rings. The first kappa shape index (κ1) is 14.3. The van der Waals surface area contributed by atoms with Crippen molar-refractivity contribution in [2.75, 3.05) is 10.6 Å². The maximum atomic E-state index is 4.43. The zero-order valence-corrected chi connectivity index (χ0v) is 12.5. The average molecular weight is 270 g/mol. The van der Waals surface area contributed by atoms with Crippen molar-refractivity contribution in [1.82, 2.24) is 9.97 Å². The van der Waals surface area contributed by atoms with Gasteiger partial charge in [0.2, 0.25) is 5.95 Å². The van der Waals surface area contributed by atoms with Crippen LogP contribution in [0.25, 0.3) is 0 Å². The minimum Gasteiger partial charge on any atom is -0.368 e. The van der Waals surface area contributed by atoms with Gasteiger partial charge in [0.05, 0.1) is 0 Å². The Balaban J connectivity index is 2.09. The topological polar surface area (TPSA) is 49.8 Å². The van der Waals surface area contributed by atoms with Gasteiger partial charge in [0.1, 0.15) is 5.82 Å². The van der Waals surface area contributed by atoms with Crippen LogP contribution in [-0.4, -0.2) is 16.0 Å². The van der Waals surface area contributed by atoms with E-state index in [2.05, 4.69) is 72.6 Å². The zero-order valence-electron chi connectivity index (χ0n) is 12.5. The lowest BCUT2D eigenvalue weighted by Crippen LogP contribution is -2.11. The molecule has 1 aromatic carbocycles. The minimum atomic E-state index is 0.350. The molecule has 1 aromatic heterocycles. The molecule has 0 amide bonds. The van der Waals surface area contributed by atoms with Gasteiger partial charge < -0.3 is 10.6 Å². The summed E-state index contributed by atoms with van der Waals surface area (Å²) < 4.78 is 0. The number of nitrogens with one attached hydrogen (secondary N) is 2. The molecule has 1 heterocycles. The smallest absolute Gasteiger partial charge is 0.229 e. The normalized spacial score (nSPS) is 10.9. The average Bonchev–Trinajstić information content (AvgIpc) is 2.39. The molecule has 2 rings (SSSR count). The Kier molecular flexibility index (Phi) is 4.56. The highest BCUT2D eigenvalue weighted by Crippen LogP contribution is 2.19. The molecule has 0 saturated carbocycles. The fraction of sp³-hybridized carbons (Fsp3) is 0.375. The number of benzene rings is 1. The second kappa shape index (κ2) is 6.37. The molecule has 2 N–H and O–H groups in total. The van der Waals surface area contributed by atoms with Gasteiger partial charge in [-0.2, -0.15) is 4.98 Å². The van der Waals surface area contributed by atoms with Gasteiger partial charge in [-0.05, 0) is 43.5 Å². The third kappa shape index (κ3) is 3.95. The van der Waals surface area contributed by atoms with Crippen molar-refractivity contribution in [2.24, 2.45) is 0 Å². The Labute approximate surface area is 120 Å². The molecule has 0 saturated heterocycles. The molecule has 0 radical (unpaired) electrons. The molecule has 106 valence electrons. The van der Waals surface area contributed by atoms with Gasteiger partial charge >= 0.3 is 0 Å². The third-order valence-corrected chi connectivity index (χ3v) is 2.93. The van der Waals surface area contributed by atoms with Gasteiger partial charge in [-0.25, -0.2) is 4.98 Å². The number of aromatic nitrogens is 2. The number of rotatable bonds is 5. The molecule has 0 atom stereocenters. The summed E-state index contributed by atoms with van der Waals surface area (Å²) in [6.45, 7) is 8.54. The maximum absolute atomic E-state index is 4.43. The Morgan fingerprint density at radius 1 is 0.950 bits per heavy atom. The summed E-state index contributed by atoms with van der Waals surface area (Å²) in [7, 11) is 0. The SMILES string of the molecule is CC(C)Nc1ccnc(Nc2ccc(C(C)C)cc2)n1. The fourth-order valence-corrected chi connectivity index (χ4v) is 1.88. The Morgan fingerprint density at radius 3 is 2.25 bits per heavy atom. The molecule has 0 fully saturated rings. The van der Waals surface area contributed by atoms with E-state index in [0.717, 1.165) is 11.5 Å². The summed E-state index contributed by atoms with van der Waals surface area (Å²) >= 11 is 0. The second-order valence-electron chi connectivity index (χ2n) is 5.47. The van der Waals surface area contributed by atoms with Crippen molar-refractivity contribution in [2.45, 2.75) is 39.7 Å². The summed E-state index contributed by atoms with van der Waals surface area (Å²) in [5, 5.41) is 6.49. The van der Waals surface area contributed by atoms with Crippen LogP contribution >= 0.6 is 0 Å². The van der Waals surface area contributed by atoms with Crippen LogP contribution in [0, 0.1) is 0 Å². The molecule has 0 spiro atoms. The number of hydrogen-bond donors (Lipinski definition) is 2. The van der Waals surface area contributed by atoms with Crippen molar-refractivity contribution in [3.8, 4) is 0 Å². The van der Waals surface area contributed by atoms with Crippen LogP contribution in [0.5, 0.6) is 0 Å². The fourth-order valence-electron chi connectivity index (χ4n) is 1.88. The van der Waals surface area contributed by atoms with Gasteiger partial charge in [-0.1, -0.05) is 26.0 Å². The lowest BCUT2D eigenvalue weighted by atomic mass is 10.0. The van der Waals surface area contributed by atoms with E-state index in [4.69, 9.17) is 0 Å². The molecule has 20 heavy (non-hydrogen) atoms. The van der Waals surface area contributed by atoms with Gasteiger partial charge in [-0.15, -0.1) is 0 Å².